The minimum Gasteiger partial charge on any atom is -0.383 e. The van der Waals surface area contributed by atoms with Gasteiger partial charge in [-0.15, -0.1) is 5.10 Å². The molecule has 0 saturated heterocycles. The zero-order chi connectivity index (χ0) is 12.7. The molecule has 2 aromatic heterocycles. The molecule has 0 aliphatic carbocycles. The lowest BCUT2D eigenvalue weighted by molar-refractivity contribution is 0.959. The zero-order valence-electron chi connectivity index (χ0n) is 9.21. The molecule has 7 heteroatoms. The highest BCUT2D eigenvalue weighted by Crippen LogP contribution is 2.26. The fraction of sp³-hybridized carbons (Fsp3) is 0. The lowest BCUT2D eigenvalue weighted by atomic mass is 10.1. The molecule has 3 aromatic rings. The van der Waals surface area contributed by atoms with Gasteiger partial charge >= 0.3 is 0 Å². The maximum absolute atomic E-state index is 6.03. The smallest absolute Gasteiger partial charge is 0.255 e. The maximum Gasteiger partial charge on any atom is 0.255 e. The normalized spacial score (nSPS) is 10.9. The van der Waals surface area contributed by atoms with Crippen molar-refractivity contribution in [3.63, 3.8) is 0 Å². The van der Waals surface area contributed by atoms with Crippen molar-refractivity contribution in [2.24, 2.45) is 0 Å². The molecule has 0 bridgehead atoms. The van der Waals surface area contributed by atoms with Crippen molar-refractivity contribution < 1.29 is 0 Å². The van der Waals surface area contributed by atoms with Crippen LogP contribution in [0.25, 0.3) is 16.9 Å². The fourth-order valence-corrected chi connectivity index (χ4v) is 1.84. The molecule has 0 aliphatic heterocycles. The number of nitrogens with two attached hydrogens (primary N) is 2. The van der Waals surface area contributed by atoms with E-state index in [9.17, 15) is 0 Å². The summed E-state index contributed by atoms with van der Waals surface area (Å²) in [4.78, 5) is 8.10. The molecular weight excluding hydrogens is 252 g/mol. The predicted octanol–water partition coefficient (Wildman–Crippen LogP) is 1.61. The van der Waals surface area contributed by atoms with E-state index in [1.165, 1.54) is 4.52 Å². The molecule has 6 nitrogen and oxygen atoms in total. The quantitative estimate of drug-likeness (QED) is 0.693. The van der Waals surface area contributed by atoms with Crippen LogP contribution in [0.2, 0.25) is 5.02 Å². The van der Waals surface area contributed by atoms with E-state index < -0.39 is 0 Å². The van der Waals surface area contributed by atoms with Crippen LogP contribution in [0.4, 0.5) is 11.8 Å². The van der Waals surface area contributed by atoms with Gasteiger partial charge in [0.05, 0.1) is 0 Å². The number of rotatable bonds is 1. The van der Waals surface area contributed by atoms with E-state index in [1.807, 2.05) is 12.1 Å². The van der Waals surface area contributed by atoms with E-state index in [0.29, 0.717) is 16.6 Å². The van der Waals surface area contributed by atoms with Gasteiger partial charge in [0.15, 0.2) is 0 Å². The molecule has 2 heterocycles. The highest BCUT2D eigenvalue weighted by Gasteiger charge is 2.10. The van der Waals surface area contributed by atoms with Gasteiger partial charge in [-0.3, -0.25) is 0 Å². The van der Waals surface area contributed by atoms with E-state index in [2.05, 4.69) is 15.1 Å². The number of halogens is 1. The van der Waals surface area contributed by atoms with Crippen LogP contribution < -0.4 is 11.5 Å². The molecule has 0 spiro atoms. The van der Waals surface area contributed by atoms with Crippen molar-refractivity contribution in [3.8, 4) is 11.1 Å². The molecule has 0 unspecified atom stereocenters. The number of hydrogen-bond donors (Lipinski definition) is 2. The third-order valence-corrected chi connectivity index (χ3v) is 2.83. The molecule has 0 atom stereocenters. The first kappa shape index (κ1) is 10.8. The monoisotopic (exact) mass is 260 g/mol. The molecule has 0 radical (unpaired) electrons. The minimum absolute atomic E-state index is 0.141. The first-order valence-corrected chi connectivity index (χ1v) is 5.55. The Morgan fingerprint density at radius 3 is 2.56 bits per heavy atom. The van der Waals surface area contributed by atoms with Crippen molar-refractivity contribution in [1.29, 1.82) is 0 Å². The molecule has 4 N–H and O–H groups in total. The summed E-state index contributed by atoms with van der Waals surface area (Å²) >= 11 is 5.85. The van der Waals surface area contributed by atoms with E-state index in [4.69, 9.17) is 23.1 Å². The third kappa shape index (κ3) is 1.63. The second-order valence-corrected chi connectivity index (χ2v) is 4.18. The van der Waals surface area contributed by atoms with Crippen molar-refractivity contribution in [3.05, 3.63) is 35.5 Å². The Kier molecular flexibility index (Phi) is 2.31. The molecule has 0 fully saturated rings. The Balaban J connectivity index is 2.23. The molecule has 0 aliphatic rings. The number of nitrogen functional groups attached to an aromatic ring is 2. The number of nitrogens with zero attached hydrogens (tertiary/aromatic N) is 4. The summed E-state index contributed by atoms with van der Waals surface area (Å²) in [6, 6.07) is 7.30. The summed E-state index contributed by atoms with van der Waals surface area (Å²) in [5.74, 6) is 0.955. The molecule has 0 saturated carbocycles. The lowest BCUT2D eigenvalue weighted by Crippen LogP contribution is -2.03. The van der Waals surface area contributed by atoms with Gasteiger partial charge in [0.2, 0.25) is 5.95 Å². The molecule has 1 aromatic carbocycles. The second kappa shape index (κ2) is 3.85. The molecule has 18 heavy (non-hydrogen) atoms. The summed E-state index contributed by atoms with van der Waals surface area (Å²) in [7, 11) is 0. The minimum atomic E-state index is 0.141. The van der Waals surface area contributed by atoms with Crippen molar-refractivity contribution >= 4 is 29.1 Å². The van der Waals surface area contributed by atoms with Crippen LogP contribution >= 0.6 is 11.6 Å². The van der Waals surface area contributed by atoms with Crippen LogP contribution in [0.3, 0.4) is 0 Å². The van der Waals surface area contributed by atoms with E-state index in [0.717, 1.165) is 11.1 Å². The number of aromatic nitrogens is 4. The van der Waals surface area contributed by atoms with Gasteiger partial charge < -0.3 is 11.5 Å². The Morgan fingerprint density at radius 2 is 1.83 bits per heavy atom. The summed E-state index contributed by atoms with van der Waals surface area (Å²) < 4.78 is 1.42. The van der Waals surface area contributed by atoms with E-state index >= 15 is 0 Å². The summed E-state index contributed by atoms with van der Waals surface area (Å²) in [5.41, 5.74) is 13.2. The van der Waals surface area contributed by atoms with Crippen molar-refractivity contribution in [2.45, 2.75) is 0 Å². The standard InChI is InChI=1S/C11H9ClN6/c12-7-3-1-6(2-4-7)8-5-15-11-16-10(14)17-18(11)9(8)13/h1-5H,13H2,(H2,14,17). The molecular formula is C11H9ClN6. The predicted molar refractivity (Wildman–Crippen MR) is 70.1 cm³/mol. The average molecular weight is 261 g/mol. The Bertz CT molecular complexity index is 718. The van der Waals surface area contributed by atoms with Crippen LogP contribution in [0.15, 0.2) is 30.5 Å². The maximum atomic E-state index is 6.03. The van der Waals surface area contributed by atoms with Crippen LogP contribution in [-0.2, 0) is 0 Å². The van der Waals surface area contributed by atoms with Crippen molar-refractivity contribution in [2.75, 3.05) is 11.5 Å². The Morgan fingerprint density at radius 1 is 1.11 bits per heavy atom. The highest BCUT2D eigenvalue weighted by molar-refractivity contribution is 6.30. The first-order chi connectivity index (χ1) is 8.65. The van der Waals surface area contributed by atoms with Crippen LogP contribution in [0.5, 0.6) is 0 Å². The van der Waals surface area contributed by atoms with Crippen LogP contribution in [0, 0.1) is 0 Å². The highest BCUT2D eigenvalue weighted by atomic mass is 35.5. The van der Waals surface area contributed by atoms with Crippen LogP contribution in [0.1, 0.15) is 0 Å². The molecule has 0 amide bonds. The SMILES string of the molecule is Nc1nc2ncc(-c3ccc(Cl)cc3)c(N)n2n1. The third-order valence-electron chi connectivity index (χ3n) is 2.57. The van der Waals surface area contributed by atoms with Gasteiger partial charge in [-0.2, -0.15) is 9.50 Å². The number of fused-ring (bicyclic) bond motifs is 1. The van der Waals surface area contributed by atoms with Gasteiger partial charge in [-0.25, -0.2) is 4.98 Å². The zero-order valence-corrected chi connectivity index (χ0v) is 9.96. The first-order valence-electron chi connectivity index (χ1n) is 5.18. The largest absolute Gasteiger partial charge is 0.383 e. The van der Waals surface area contributed by atoms with E-state index in [-0.39, 0.29) is 5.95 Å². The van der Waals surface area contributed by atoms with Gasteiger partial charge in [-0.1, -0.05) is 23.7 Å². The number of benzene rings is 1. The number of anilines is 2. The van der Waals surface area contributed by atoms with Gasteiger partial charge in [0.25, 0.3) is 5.78 Å². The van der Waals surface area contributed by atoms with Gasteiger partial charge in [-0.05, 0) is 17.7 Å². The summed E-state index contributed by atoms with van der Waals surface area (Å²) in [6.07, 6.45) is 1.64. The Labute approximate surface area is 107 Å². The molecule has 3 rings (SSSR count). The summed E-state index contributed by atoms with van der Waals surface area (Å²) in [6.45, 7) is 0. The van der Waals surface area contributed by atoms with Gasteiger partial charge in [0.1, 0.15) is 5.82 Å². The second-order valence-electron chi connectivity index (χ2n) is 3.75. The number of hydrogen-bond acceptors (Lipinski definition) is 5. The topological polar surface area (TPSA) is 95.1 Å². The lowest BCUT2D eigenvalue weighted by Gasteiger charge is -2.06. The van der Waals surface area contributed by atoms with Crippen molar-refractivity contribution in [1.82, 2.24) is 19.6 Å². The average Bonchev–Trinajstić information content (AvgIpc) is 2.73. The fourth-order valence-electron chi connectivity index (χ4n) is 1.72. The van der Waals surface area contributed by atoms with Crippen LogP contribution in [-0.4, -0.2) is 19.6 Å². The Hall–Kier alpha value is -2.34. The summed E-state index contributed by atoms with van der Waals surface area (Å²) in [5, 5.41) is 4.65. The van der Waals surface area contributed by atoms with E-state index in [1.54, 1.807) is 18.3 Å². The molecule has 90 valence electrons. The van der Waals surface area contributed by atoms with Gasteiger partial charge in [0, 0.05) is 16.8 Å².